The van der Waals surface area contributed by atoms with Gasteiger partial charge in [0.1, 0.15) is 17.6 Å². The third-order valence-electron chi connectivity index (χ3n) is 3.59. The van der Waals surface area contributed by atoms with E-state index in [1.165, 1.54) is 51.5 Å². The van der Waals surface area contributed by atoms with Gasteiger partial charge >= 0.3 is 6.03 Å². The van der Waals surface area contributed by atoms with E-state index < -0.39 is 6.03 Å². The number of ether oxygens (including phenoxy) is 2. The van der Waals surface area contributed by atoms with E-state index in [2.05, 4.69) is 23.4 Å². The van der Waals surface area contributed by atoms with Crippen LogP contribution in [-0.2, 0) is 4.79 Å². The molecule has 28 heavy (non-hydrogen) atoms. The Kier molecular flexibility index (Phi) is 6.98. The van der Waals surface area contributed by atoms with Crippen molar-refractivity contribution in [2.45, 2.75) is 6.92 Å². The summed E-state index contributed by atoms with van der Waals surface area (Å²) in [7, 11) is 2.91. The minimum atomic E-state index is -0.612. The molecule has 0 unspecified atom stereocenters. The highest BCUT2D eigenvalue weighted by atomic mass is 35.5. The molecule has 146 valence electrons. The standard InChI is InChI=1S/C18H17ClN4O4S/c1-10(24)21-14-5-4-12(6-11(14)9-20)23(28)18(25)22-15-7-13(19)16(26-2)8-17(15)27-3/h4-8,28H,1-3H3,(H,21,24)(H,22,25). The van der Waals surface area contributed by atoms with E-state index in [0.29, 0.717) is 28.6 Å². The molecule has 0 radical (unpaired) electrons. The number of hydrogen-bond donors (Lipinski definition) is 3. The van der Waals surface area contributed by atoms with Crippen molar-refractivity contribution in [3.05, 3.63) is 40.9 Å². The van der Waals surface area contributed by atoms with Gasteiger partial charge in [-0.3, -0.25) is 4.79 Å². The fraction of sp³-hybridized carbons (Fsp3) is 0.167. The van der Waals surface area contributed by atoms with Crippen LogP contribution < -0.4 is 24.4 Å². The minimum absolute atomic E-state index is 0.185. The zero-order valence-electron chi connectivity index (χ0n) is 15.2. The molecule has 2 aromatic carbocycles. The number of nitrogens with one attached hydrogen (secondary N) is 2. The lowest BCUT2D eigenvalue weighted by Crippen LogP contribution is -2.27. The Morgan fingerprint density at radius 2 is 1.79 bits per heavy atom. The van der Waals surface area contributed by atoms with E-state index in [-0.39, 0.29) is 16.5 Å². The molecule has 0 saturated heterocycles. The Morgan fingerprint density at radius 3 is 2.36 bits per heavy atom. The van der Waals surface area contributed by atoms with Gasteiger partial charge in [-0.25, -0.2) is 9.10 Å². The minimum Gasteiger partial charge on any atom is -0.495 e. The topological polar surface area (TPSA) is 104 Å². The van der Waals surface area contributed by atoms with Crippen LogP contribution in [0, 0.1) is 11.3 Å². The Morgan fingerprint density at radius 1 is 1.11 bits per heavy atom. The molecule has 10 heteroatoms. The second-order valence-corrected chi connectivity index (χ2v) is 6.26. The molecule has 2 N–H and O–H groups in total. The second kappa shape index (κ2) is 9.21. The van der Waals surface area contributed by atoms with E-state index >= 15 is 0 Å². The zero-order chi connectivity index (χ0) is 20.8. The number of methoxy groups -OCH3 is 2. The number of nitriles is 1. The van der Waals surface area contributed by atoms with Crippen LogP contribution in [0.4, 0.5) is 21.9 Å². The van der Waals surface area contributed by atoms with Crippen LogP contribution in [0.5, 0.6) is 11.5 Å². The first-order valence-corrected chi connectivity index (χ1v) is 8.61. The van der Waals surface area contributed by atoms with Crippen molar-refractivity contribution in [2.24, 2.45) is 0 Å². The number of rotatable bonds is 5. The lowest BCUT2D eigenvalue weighted by atomic mass is 10.1. The first kappa shape index (κ1) is 21.2. The van der Waals surface area contributed by atoms with Gasteiger partial charge in [-0.05, 0) is 24.3 Å². The summed E-state index contributed by atoms with van der Waals surface area (Å²) in [6, 6.07) is 8.85. The van der Waals surface area contributed by atoms with Gasteiger partial charge in [-0.15, -0.1) is 0 Å². The van der Waals surface area contributed by atoms with Crippen molar-refractivity contribution in [1.82, 2.24) is 0 Å². The van der Waals surface area contributed by atoms with E-state index in [9.17, 15) is 14.9 Å². The third-order valence-corrected chi connectivity index (χ3v) is 4.29. The maximum atomic E-state index is 12.6. The van der Waals surface area contributed by atoms with Crippen LogP contribution in [0.25, 0.3) is 0 Å². The Balaban J connectivity index is 2.27. The molecule has 2 rings (SSSR count). The number of carbonyl (C=O) groups is 2. The van der Waals surface area contributed by atoms with Crippen LogP contribution in [0.15, 0.2) is 30.3 Å². The summed E-state index contributed by atoms with van der Waals surface area (Å²) in [4.78, 5) is 23.8. The van der Waals surface area contributed by atoms with Crippen LogP contribution in [-0.4, -0.2) is 26.2 Å². The van der Waals surface area contributed by atoms with Crippen LogP contribution in [0.2, 0.25) is 5.02 Å². The maximum absolute atomic E-state index is 12.6. The average Bonchev–Trinajstić information content (AvgIpc) is 2.67. The van der Waals surface area contributed by atoms with Crippen molar-refractivity contribution < 1.29 is 19.1 Å². The second-order valence-electron chi connectivity index (χ2n) is 5.45. The molecule has 0 saturated carbocycles. The molecule has 0 aliphatic carbocycles. The number of urea groups is 1. The highest BCUT2D eigenvalue weighted by molar-refractivity contribution is 7.82. The number of benzene rings is 2. The molecule has 0 heterocycles. The quantitative estimate of drug-likeness (QED) is 0.632. The summed E-state index contributed by atoms with van der Waals surface area (Å²) in [6.07, 6.45) is 0. The van der Waals surface area contributed by atoms with E-state index in [1.807, 2.05) is 6.07 Å². The molecular formula is C18H17ClN4O4S. The number of halogens is 1. The van der Waals surface area contributed by atoms with Crippen molar-refractivity contribution in [3.63, 3.8) is 0 Å². The van der Waals surface area contributed by atoms with Crippen molar-refractivity contribution in [3.8, 4) is 17.6 Å². The Bertz CT molecular complexity index is 961. The van der Waals surface area contributed by atoms with Gasteiger partial charge < -0.3 is 20.1 Å². The van der Waals surface area contributed by atoms with Gasteiger partial charge in [-0.1, -0.05) is 24.4 Å². The largest absolute Gasteiger partial charge is 0.495 e. The fourth-order valence-corrected chi connectivity index (χ4v) is 2.71. The summed E-state index contributed by atoms with van der Waals surface area (Å²) >= 11 is 10.3. The molecule has 0 aromatic heterocycles. The molecular weight excluding hydrogens is 404 g/mol. The average molecular weight is 421 g/mol. The lowest BCUT2D eigenvalue weighted by Gasteiger charge is -2.19. The van der Waals surface area contributed by atoms with Gasteiger partial charge in [0.15, 0.2) is 0 Å². The van der Waals surface area contributed by atoms with E-state index in [1.54, 1.807) is 0 Å². The third kappa shape index (κ3) is 4.79. The summed E-state index contributed by atoms with van der Waals surface area (Å²) in [5.74, 6) is 0.426. The molecule has 3 amide bonds. The molecule has 0 aliphatic rings. The molecule has 0 spiro atoms. The Labute approximate surface area is 172 Å². The summed E-state index contributed by atoms with van der Waals surface area (Å²) in [5, 5.41) is 14.7. The first-order valence-electron chi connectivity index (χ1n) is 7.84. The molecule has 0 fully saturated rings. The predicted octanol–water partition coefficient (Wildman–Crippen LogP) is 4.07. The lowest BCUT2D eigenvalue weighted by molar-refractivity contribution is -0.114. The smallest absolute Gasteiger partial charge is 0.336 e. The highest BCUT2D eigenvalue weighted by Crippen LogP contribution is 2.36. The number of amides is 3. The first-order chi connectivity index (χ1) is 13.3. The summed E-state index contributed by atoms with van der Waals surface area (Å²) in [5.41, 5.74) is 1.16. The monoisotopic (exact) mass is 420 g/mol. The van der Waals surface area contributed by atoms with Gasteiger partial charge in [0.25, 0.3) is 0 Å². The molecule has 0 atom stereocenters. The number of nitrogens with zero attached hydrogens (tertiary/aromatic N) is 2. The number of thiol groups is 1. The van der Waals surface area contributed by atoms with Gasteiger partial charge in [-0.2, -0.15) is 5.26 Å². The zero-order valence-corrected chi connectivity index (χ0v) is 16.9. The van der Waals surface area contributed by atoms with Crippen LogP contribution in [0.1, 0.15) is 12.5 Å². The van der Waals surface area contributed by atoms with Gasteiger partial charge in [0.05, 0.1) is 41.9 Å². The van der Waals surface area contributed by atoms with Crippen molar-refractivity contribution in [1.29, 1.82) is 5.26 Å². The molecule has 0 aliphatic heterocycles. The van der Waals surface area contributed by atoms with Crippen molar-refractivity contribution in [2.75, 3.05) is 29.2 Å². The summed E-state index contributed by atoms with van der Waals surface area (Å²) in [6.45, 7) is 1.33. The molecule has 2 aromatic rings. The SMILES string of the molecule is COc1cc(OC)c(NC(=O)N(S)c2ccc(NC(C)=O)c(C#N)c2)cc1Cl. The molecule has 0 bridgehead atoms. The highest BCUT2D eigenvalue weighted by Gasteiger charge is 2.18. The predicted molar refractivity (Wildman–Crippen MR) is 111 cm³/mol. The molecule has 8 nitrogen and oxygen atoms in total. The van der Waals surface area contributed by atoms with Crippen LogP contribution >= 0.6 is 24.4 Å². The number of carbonyl (C=O) groups excluding carboxylic acids is 2. The maximum Gasteiger partial charge on any atom is 0.336 e. The van der Waals surface area contributed by atoms with Gasteiger partial charge in [0.2, 0.25) is 5.91 Å². The van der Waals surface area contributed by atoms with Gasteiger partial charge in [0, 0.05) is 13.0 Å². The van der Waals surface area contributed by atoms with E-state index in [4.69, 9.17) is 21.1 Å². The number of hydrogen-bond acceptors (Lipinski definition) is 6. The number of anilines is 3. The Hall–Kier alpha value is -3.09. The van der Waals surface area contributed by atoms with E-state index in [0.717, 1.165) is 4.31 Å². The van der Waals surface area contributed by atoms with Crippen LogP contribution in [0.3, 0.4) is 0 Å². The van der Waals surface area contributed by atoms with Crippen molar-refractivity contribution >= 4 is 53.4 Å². The fourth-order valence-electron chi connectivity index (χ4n) is 2.30. The normalized spacial score (nSPS) is 9.86. The summed E-state index contributed by atoms with van der Waals surface area (Å²) < 4.78 is 11.4.